The summed E-state index contributed by atoms with van der Waals surface area (Å²) in [5.74, 6) is 0. The van der Waals surface area contributed by atoms with Crippen LogP contribution < -0.4 is 5.46 Å². The monoisotopic (exact) mass is 162 g/mol. The number of aliphatic hydroxyl groups excluding tert-OH is 1. The average molecular weight is 162 g/mol. The van der Waals surface area contributed by atoms with Gasteiger partial charge in [-0.15, -0.1) is 0 Å². The Kier molecular flexibility index (Phi) is 3.88. The first-order valence-electron chi connectivity index (χ1n) is 4.55. The van der Waals surface area contributed by atoms with Crippen LogP contribution in [0.15, 0.2) is 24.3 Å². The van der Waals surface area contributed by atoms with Gasteiger partial charge in [0.25, 0.3) is 0 Å². The van der Waals surface area contributed by atoms with Crippen LogP contribution in [0.25, 0.3) is 0 Å². The molecule has 1 N–H and O–H groups in total. The molecule has 1 aromatic rings. The van der Waals surface area contributed by atoms with Crippen LogP contribution in [-0.4, -0.2) is 19.0 Å². The van der Waals surface area contributed by atoms with Gasteiger partial charge in [0.1, 0.15) is 0 Å². The van der Waals surface area contributed by atoms with Gasteiger partial charge in [-0.25, -0.2) is 0 Å². The van der Waals surface area contributed by atoms with Crippen molar-refractivity contribution < 1.29 is 5.11 Å². The Morgan fingerprint density at radius 2 is 1.92 bits per heavy atom. The van der Waals surface area contributed by atoms with Crippen LogP contribution in [0.3, 0.4) is 0 Å². The van der Waals surface area contributed by atoms with Gasteiger partial charge in [0.15, 0.2) is 7.28 Å². The number of benzene rings is 1. The van der Waals surface area contributed by atoms with Crippen LogP contribution in [0, 0.1) is 0 Å². The van der Waals surface area contributed by atoms with Crippen LogP contribution in [-0.2, 0) is 6.42 Å². The fourth-order valence-electron chi connectivity index (χ4n) is 1.22. The van der Waals surface area contributed by atoms with E-state index in [-0.39, 0.29) is 6.61 Å². The first kappa shape index (κ1) is 9.33. The third-order valence-electron chi connectivity index (χ3n) is 2.05. The Bertz CT molecular complexity index is 218. The highest BCUT2D eigenvalue weighted by Crippen LogP contribution is 2.00. The fraction of sp³-hybridized carbons (Fsp3) is 0.400. The van der Waals surface area contributed by atoms with Gasteiger partial charge < -0.3 is 5.11 Å². The molecule has 1 nitrogen and oxygen atoms in total. The van der Waals surface area contributed by atoms with Gasteiger partial charge in [0.2, 0.25) is 0 Å². The Hall–Kier alpha value is -0.755. The summed E-state index contributed by atoms with van der Waals surface area (Å²) in [7, 11) is 1.10. The summed E-state index contributed by atoms with van der Waals surface area (Å²) < 4.78 is 0. The molecule has 0 aliphatic rings. The minimum Gasteiger partial charge on any atom is -0.396 e. The van der Waals surface area contributed by atoms with Crippen molar-refractivity contribution in [1.29, 1.82) is 0 Å². The van der Waals surface area contributed by atoms with Crippen LogP contribution in [0.5, 0.6) is 0 Å². The molecule has 0 spiro atoms. The average Bonchev–Trinajstić information content (AvgIpc) is 2.15. The Morgan fingerprint density at radius 1 is 1.25 bits per heavy atom. The molecule has 12 heavy (non-hydrogen) atoms. The normalized spacial score (nSPS) is 9.83. The SMILES string of the molecule is CBc1ccc(CCCO)cc1. The molecule has 0 amide bonds. The van der Waals surface area contributed by atoms with E-state index < -0.39 is 0 Å². The quantitative estimate of drug-likeness (QED) is 0.646. The maximum absolute atomic E-state index is 8.63. The maximum atomic E-state index is 8.63. The van der Waals surface area contributed by atoms with Crippen molar-refractivity contribution in [3.8, 4) is 0 Å². The summed E-state index contributed by atoms with van der Waals surface area (Å²) in [5, 5.41) is 8.63. The molecule has 2 heteroatoms. The molecule has 0 saturated heterocycles. The third kappa shape index (κ3) is 2.70. The zero-order valence-electron chi connectivity index (χ0n) is 7.59. The zero-order chi connectivity index (χ0) is 8.81. The lowest BCUT2D eigenvalue weighted by atomic mass is 9.73. The van der Waals surface area contributed by atoms with E-state index in [1.54, 1.807) is 0 Å². The number of aliphatic hydroxyl groups is 1. The Morgan fingerprint density at radius 3 is 2.42 bits per heavy atom. The van der Waals surface area contributed by atoms with Gasteiger partial charge in [0, 0.05) is 6.61 Å². The van der Waals surface area contributed by atoms with Crippen molar-refractivity contribution in [3.05, 3.63) is 29.8 Å². The molecular weight excluding hydrogens is 147 g/mol. The van der Waals surface area contributed by atoms with Crippen molar-refractivity contribution >= 4 is 12.7 Å². The van der Waals surface area contributed by atoms with Crippen molar-refractivity contribution in [2.24, 2.45) is 0 Å². The predicted octanol–water partition coefficient (Wildman–Crippen LogP) is 0.721. The molecule has 0 radical (unpaired) electrons. The molecule has 1 rings (SSSR count). The van der Waals surface area contributed by atoms with Gasteiger partial charge in [-0.3, -0.25) is 0 Å². The summed E-state index contributed by atoms with van der Waals surface area (Å²) in [6, 6.07) is 8.61. The second-order valence-electron chi connectivity index (χ2n) is 3.00. The summed E-state index contributed by atoms with van der Waals surface area (Å²) in [6.07, 6.45) is 1.85. The van der Waals surface area contributed by atoms with E-state index in [2.05, 4.69) is 31.1 Å². The van der Waals surface area contributed by atoms with Crippen LogP contribution >= 0.6 is 0 Å². The summed E-state index contributed by atoms with van der Waals surface area (Å²) in [5.41, 5.74) is 2.70. The van der Waals surface area contributed by atoms with Crippen molar-refractivity contribution in [2.75, 3.05) is 6.61 Å². The summed E-state index contributed by atoms with van der Waals surface area (Å²) in [4.78, 5) is 0. The molecule has 0 unspecified atom stereocenters. The molecule has 64 valence electrons. The Balaban J connectivity index is 2.53. The van der Waals surface area contributed by atoms with Gasteiger partial charge >= 0.3 is 0 Å². The highest BCUT2D eigenvalue weighted by molar-refractivity contribution is 6.51. The lowest BCUT2D eigenvalue weighted by Crippen LogP contribution is -2.09. The standard InChI is InChI=1S/C10H15BO/c1-11-10-6-4-9(5-7-10)3-2-8-12/h4-7,11-12H,2-3,8H2,1H3. The second-order valence-corrected chi connectivity index (χ2v) is 3.00. The molecule has 0 fully saturated rings. The molecule has 0 heterocycles. The molecular formula is C10H15BO. The van der Waals surface area contributed by atoms with E-state index in [0.29, 0.717) is 0 Å². The number of rotatable bonds is 4. The summed E-state index contributed by atoms with van der Waals surface area (Å²) in [6.45, 7) is 2.44. The minimum atomic E-state index is 0.287. The van der Waals surface area contributed by atoms with E-state index >= 15 is 0 Å². The second kappa shape index (κ2) is 4.99. The van der Waals surface area contributed by atoms with Gasteiger partial charge in [0.05, 0.1) is 0 Å². The highest BCUT2D eigenvalue weighted by Gasteiger charge is 1.93. The number of hydrogen-bond acceptors (Lipinski definition) is 1. The molecule has 0 aromatic heterocycles. The largest absolute Gasteiger partial charge is 0.396 e. The van der Waals surface area contributed by atoms with E-state index in [0.717, 1.165) is 20.1 Å². The molecule has 0 saturated carbocycles. The topological polar surface area (TPSA) is 20.2 Å². The van der Waals surface area contributed by atoms with Crippen LogP contribution in [0.2, 0.25) is 6.82 Å². The van der Waals surface area contributed by atoms with E-state index in [1.807, 2.05) is 0 Å². The predicted molar refractivity (Wildman–Crippen MR) is 54.5 cm³/mol. The number of aryl methyl sites for hydroxylation is 1. The van der Waals surface area contributed by atoms with Gasteiger partial charge in [-0.1, -0.05) is 36.6 Å². The minimum absolute atomic E-state index is 0.287. The molecule has 0 aliphatic heterocycles. The maximum Gasteiger partial charge on any atom is 0.154 e. The molecule has 0 bridgehead atoms. The van der Waals surface area contributed by atoms with Crippen LogP contribution in [0.4, 0.5) is 0 Å². The van der Waals surface area contributed by atoms with Gasteiger partial charge in [-0.05, 0) is 18.4 Å². The summed E-state index contributed by atoms with van der Waals surface area (Å²) >= 11 is 0. The van der Waals surface area contributed by atoms with Crippen molar-refractivity contribution in [3.63, 3.8) is 0 Å². The van der Waals surface area contributed by atoms with E-state index in [4.69, 9.17) is 5.11 Å². The van der Waals surface area contributed by atoms with E-state index in [9.17, 15) is 0 Å². The highest BCUT2D eigenvalue weighted by atomic mass is 16.2. The smallest absolute Gasteiger partial charge is 0.154 e. The number of hydrogen-bond donors (Lipinski definition) is 1. The molecule has 0 atom stereocenters. The van der Waals surface area contributed by atoms with E-state index in [1.165, 1.54) is 11.0 Å². The molecule has 1 aromatic carbocycles. The Labute approximate surface area is 74.7 Å². The lowest BCUT2D eigenvalue weighted by Gasteiger charge is -2.00. The fourth-order valence-corrected chi connectivity index (χ4v) is 1.22. The van der Waals surface area contributed by atoms with Crippen molar-refractivity contribution in [2.45, 2.75) is 19.7 Å². The zero-order valence-corrected chi connectivity index (χ0v) is 7.59. The first-order chi connectivity index (χ1) is 5.86. The van der Waals surface area contributed by atoms with Gasteiger partial charge in [-0.2, -0.15) is 0 Å². The van der Waals surface area contributed by atoms with Crippen molar-refractivity contribution in [1.82, 2.24) is 0 Å². The first-order valence-corrected chi connectivity index (χ1v) is 4.55. The lowest BCUT2D eigenvalue weighted by molar-refractivity contribution is 0.288. The van der Waals surface area contributed by atoms with Crippen LogP contribution in [0.1, 0.15) is 12.0 Å². The third-order valence-corrected chi connectivity index (χ3v) is 2.05. The molecule has 0 aliphatic carbocycles.